The second-order valence-corrected chi connectivity index (χ2v) is 9.90. The van der Waals surface area contributed by atoms with Crippen molar-refractivity contribution in [2.45, 2.75) is 84.2 Å². The number of rotatable bonds is 11. The molecule has 0 aliphatic rings. The van der Waals surface area contributed by atoms with Gasteiger partial charge in [0.2, 0.25) is 0 Å². The zero-order valence-electron chi connectivity index (χ0n) is 21.6. The van der Waals surface area contributed by atoms with Gasteiger partial charge in [-0.25, -0.2) is 0 Å². The topological polar surface area (TPSA) is 0 Å². The molecule has 0 bridgehead atoms. The third-order valence-corrected chi connectivity index (χ3v) is 7.47. The van der Waals surface area contributed by atoms with E-state index in [1.165, 1.54) is 0 Å². The van der Waals surface area contributed by atoms with Gasteiger partial charge in [0.1, 0.15) is 0 Å². The maximum atomic E-state index is 15.3. The SMILES string of the molecule is CCCCCCCCC(C(F)(F)F)C(c1ccccc1C)(c1ccccc1C)c1ccccc1C. The Labute approximate surface area is 209 Å². The van der Waals surface area contributed by atoms with E-state index in [2.05, 4.69) is 6.92 Å². The zero-order valence-corrected chi connectivity index (χ0v) is 21.6. The standard InChI is InChI=1S/C32H39F3/c1-5-6-7-8-9-10-23-30(32(33,34)35)31(27-20-14-11-17-24(27)2,28-21-15-12-18-25(28)3)29-22-16-13-19-26(29)4/h11-22,30H,5-10,23H2,1-4H3. The van der Waals surface area contributed by atoms with Crippen LogP contribution in [0.3, 0.4) is 0 Å². The predicted octanol–water partition coefficient (Wildman–Crippen LogP) is 9.88. The van der Waals surface area contributed by atoms with E-state index in [0.29, 0.717) is 6.42 Å². The maximum absolute atomic E-state index is 15.3. The first kappa shape index (κ1) is 27.0. The second kappa shape index (κ2) is 11.9. The van der Waals surface area contributed by atoms with Gasteiger partial charge in [-0.05, 0) is 60.6 Å². The Kier molecular flexibility index (Phi) is 9.21. The van der Waals surface area contributed by atoms with Crippen molar-refractivity contribution in [2.75, 3.05) is 0 Å². The van der Waals surface area contributed by atoms with Crippen LogP contribution in [0.5, 0.6) is 0 Å². The number of aryl methyl sites for hydroxylation is 3. The molecule has 0 N–H and O–H groups in total. The van der Waals surface area contributed by atoms with Gasteiger partial charge < -0.3 is 0 Å². The van der Waals surface area contributed by atoms with Gasteiger partial charge in [-0.2, -0.15) is 13.2 Å². The molecule has 3 rings (SSSR count). The molecule has 0 aromatic heterocycles. The summed E-state index contributed by atoms with van der Waals surface area (Å²) in [6.07, 6.45) is 1.49. The van der Waals surface area contributed by atoms with Gasteiger partial charge in [0.25, 0.3) is 0 Å². The van der Waals surface area contributed by atoms with Crippen molar-refractivity contribution in [3.05, 3.63) is 106 Å². The molecule has 1 unspecified atom stereocenters. The minimum atomic E-state index is -4.36. The van der Waals surface area contributed by atoms with E-state index in [1.54, 1.807) is 0 Å². The third kappa shape index (κ3) is 5.82. The van der Waals surface area contributed by atoms with Gasteiger partial charge in [0, 0.05) is 0 Å². The van der Waals surface area contributed by atoms with Gasteiger partial charge in [0.05, 0.1) is 11.3 Å². The van der Waals surface area contributed by atoms with E-state index in [4.69, 9.17) is 0 Å². The van der Waals surface area contributed by atoms with Crippen LogP contribution in [0, 0.1) is 26.7 Å². The Bertz CT molecular complexity index is 969. The number of benzene rings is 3. The lowest BCUT2D eigenvalue weighted by molar-refractivity contribution is -0.188. The number of alkyl halides is 3. The molecule has 0 aliphatic heterocycles. The fraction of sp³-hybridized carbons (Fsp3) is 0.438. The van der Waals surface area contributed by atoms with Crippen molar-refractivity contribution in [2.24, 2.45) is 5.92 Å². The lowest BCUT2D eigenvalue weighted by Crippen LogP contribution is -2.47. The first-order chi connectivity index (χ1) is 16.7. The molecule has 0 saturated heterocycles. The number of hydrogen-bond donors (Lipinski definition) is 0. The summed E-state index contributed by atoms with van der Waals surface area (Å²) in [4.78, 5) is 0. The number of hydrogen-bond acceptors (Lipinski definition) is 0. The molecule has 188 valence electrons. The van der Waals surface area contributed by atoms with Crippen molar-refractivity contribution in [1.82, 2.24) is 0 Å². The maximum Gasteiger partial charge on any atom is 0.393 e. The molecule has 35 heavy (non-hydrogen) atoms. The summed E-state index contributed by atoms with van der Waals surface area (Å²) >= 11 is 0. The first-order valence-corrected chi connectivity index (χ1v) is 13.0. The van der Waals surface area contributed by atoms with E-state index >= 15 is 13.2 Å². The lowest BCUT2D eigenvalue weighted by Gasteiger charge is -2.46. The molecule has 3 heteroatoms. The Morgan fingerprint density at radius 3 is 1.31 bits per heavy atom. The van der Waals surface area contributed by atoms with E-state index in [1.807, 2.05) is 93.6 Å². The highest BCUT2D eigenvalue weighted by atomic mass is 19.4. The first-order valence-electron chi connectivity index (χ1n) is 13.0. The number of halogens is 3. The lowest BCUT2D eigenvalue weighted by atomic mass is 9.58. The van der Waals surface area contributed by atoms with Crippen molar-refractivity contribution in [1.29, 1.82) is 0 Å². The minimum absolute atomic E-state index is 0.104. The van der Waals surface area contributed by atoms with Crippen LogP contribution in [0.2, 0.25) is 0 Å². The average molecular weight is 481 g/mol. The molecule has 0 saturated carbocycles. The molecule has 0 fully saturated rings. The van der Waals surface area contributed by atoms with Gasteiger partial charge in [-0.3, -0.25) is 0 Å². The quantitative estimate of drug-likeness (QED) is 0.189. The highest BCUT2D eigenvalue weighted by Crippen LogP contribution is 2.55. The molecule has 0 aliphatic carbocycles. The Morgan fingerprint density at radius 1 is 0.571 bits per heavy atom. The molecule has 0 heterocycles. The van der Waals surface area contributed by atoms with Crippen LogP contribution in [0.4, 0.5) is 13.2 Å². The van der Waals surface area contributed by atoms with Gasteiger partial charge >= 0.3 is 6.18 Å². The fourth-order valence-corrected chi connectivity index (χ4v) is 5.80. The highest BCUT2D eigenvalue weighted by Gasteiger charge is 2.56. The Hall–Kier alpha value is -2.55. The van der Waals surface area contributed by atoms with Crippen LogP contribution in [0.25, 0.3) is 0 Å². The Balaban J connectivity index is 2.31. The summed E-state index contributed by atoms with van der Waals surface area (Å²) < 4.78 is 45.9. The molecule has 3 aromatic carbocycles. The summed E-state index contributed by atoms with van der Waals surface area (Å²) in [5.41, 5.74) is 3.57. The van der Waals surface area contributed by atoms with Crippen molar-refractivity contribution >= 4 is 0 Å². The van der Waals surface area contributed by atoms with E-state index in [9.17, 15) is 0 Å². The monoisotopic (exact) mass is 480 g/mol. The van der Waals surface area contributed by atoms with Gasteiger partial charge in [0.15, 0.2) is 0 Å². The zero-order chi connectivity index (χ0) is 25.5. The third-order valence-electron chi connectivity index (χ3n) is 7.47. The number of unbranched alkanes of at least 4 members (excludes halogenated alkanes) is 5. The van der Waals surface area contributed by atoms with E-state index in [-0.39, 0.29) is 6.42 Å². The summed E-state index contributed by atoms with van der Waals surface area (Å²) in [6, 6.07) is 22.9. The highest BCUT2D eigenvalue weighted by molar-refractivity contribution is 5.58. The smallest absolute Gasteiger partial charge is 0.171 e. The predicted molar refractivity (Wildman–Crippen MR) is 141 cm³/mol. The van der Waals surface area contributed by atoms with Crippen molar-refractivity contribution in [3.8, 4) is 0 Å². The molecule has 0 spiro atoms. The van der Waals surface area contributed by atoms with Crippen LogP contribution < -0.4 is 0 Å². The molecule has 0 amide bonds. The van der Waals surface area contributed by atoms with E-state index in [0.717, 1.165) is 65.5 Å². The minimum Gasteiger partial charge on any atom is -0.171 e. The normalized spacial score (nSPS) is 13.1. The molecule has 1 atom stereocenters. The van der Waals surface area contributed by atoms with Gasteiger partial charge in [-0.15, -0.1) is 0 Å². The molecular weight excluding hydrogens is 441 g/mol. The van der Waals surface area contributed by atoms with Crippen LogP contribution in [-0.2, 0) is 5.41 Å². The van der Waals surface area contributed by atoms with Crippen molar-refractivity contribution in [3.63, 3.8) is 0 Å². The Morgan fingerprint density at radius 2 is 0.943 bits per heavy atom. The van der Waals surface area contributed by atoms with Crippen LogP contribution in [-0.4, -0.2) is 6.18 Å². The fourth-order valence-electron chi connectivity index (χ4n) is 5.80. The summed E-state index contributed by atoms with van der Waals surface area (Å²) in [5, 5.41) is 0. The summed E-state index contributed by atoms with van der Waals surface area (Å²) in [7, 11) is 0. The van der Waals surface area contributed by atoms with E-state index < -0.39 is 17.5 Å². The largest absolute Gasteiger partial charge is 0.393 e. The molecule has 0 radical (unpaired) electrons. The summed E-state index contributed by atoms with van der Waals surface area (Å²) in [5.74, 6) is -1.54. The average Bonchev–Trinajstić information content (AvgIpc) is 2.82. The van der Waals surface area contributed by atoms with Gasteiger partial charge in [-0.1, -0.05) is 118 Å². The molecule has 3 aromatic rings. The second-order valence-electron chi connectivity index (χ2n) is 9.90. The van der Waals surface area contributed by atoms with Crippen LogP contribution >= 0.6 is 0 Å². The molecular formula is C32H39F3. The van der Waals surface area contributed by atoms with Crippen molar-refractivity contribution < 1.29 is 13.2 Å². The van der Waals surface area contributed by atoms with Crippen LogP contribution in [0.1, 0.15) is 85.3 Å². The molecule has 0 nitrogen and oxygen atoms in total. The summed E-state index contributed by atoms with van der Waals surface area (Å²) in [6.45, 7) is 7.98. The van der Waals surface area contributed by atoms with Crippen LogP contribution in [0.15, 0.2) is 72.8 Å².